The SMILES string of the molecule is Cc1ccc(N2C[C@H](C(=O)N3CCC(C(=O)N4C[C@H](C)C[C@@H](C)C4)CC3)CC2=O)cc1. The Bertz CT molecular complexity index is 819. The highest BCUT2D eigenvalue weighted by molar-refractivity contribution is 6.00. The van der Waals surface area contributed by atoms with E-state index in [2.05, 4.69) is 18.7 Å². The van der Waals surface area contributed by atoms with Gasteiger partial charge in [-0.3, -0.25) is 14.4 Å². The summed E-state index contributed by atoms with van der Waals surface area (Å²) in [7, 11) is 0. The summed E-state index contributed by atoms with van der Waals surface area (Å²) in [6.45, 7) is 9.86. The van der Waals surface area contributed by atoms with Crippen molar-refractivity contribution in [3.63, 3.8) is 0 Å². The van der Waals surface area contributed by atoms with Gasteiger partial charge in [-0.1, -0.05) is 31.5 Å². The molecule has 31 heavy (non-hydrogen) atoms. The van der Waals surface area contributed by atoms with Crippen molar-refractivity contribution >= 4 is 23.4 Å². The molecule has 0 aliphatic carbocycles. The summed E-state index contributed by atoms with van der Waals surface area (Å²) in [6.07, 6.45) is 2.92. The molecule has 1 aromatic rings. The molecule has 3 fully saturated rings. The Kier molecular flexibility index (Phi) is 6.35. The quantitative estimate of drug-likeness (QED) is 0.748. The fraction of sp³-hybridized carbons (Fsp3) is 0.640. The first-order valence-electron chi connectivity index (χ1n) is 11.8. The predicted molar refractivity (Wildman–Crippen MR) is 120 cm³/mol. The van der Waals surface area contributed by atoms with Gasteiger partial charge >= 0.3 is 0 Å². The number of hydrogen-bond donors (Lipinski definition) is 0. The van der Waals surface area contributed by atoms with Crippen LogP contribution in [-0.2, 0) is 14.4 Å². The average Bonchev–Trinajstić information content (AvgIpc) is 3.14. The Balaban J connectivity index is 1.31. The normalized spacial score (nSPS) is 27.6. The van der Waals surface area contributed by atoms with E-state index < -0.39 is 0 Å². The minimum atomic E-state index is -0.287. The molecule has 0 N–H and O–H groups in total. The Morgan fingerprint density at radius 2 is 1.42 bits per heavy atom. The summed E-state index contributed by atoms with van der Waals surface area (Å²) in [4.78, 5) is 44.3. The fourth-order valence-corrected chi connectivity index (χ4v) is 5.55. The van der Waals surface area contributed by atoms with E-state index in [0.717, 1.165) is 37.2 Å². The van der Waals surface area contributed by atoms with Crippen LogP contribution in [0, 0.1) is 30.6 Å². The smallest absolute Gasteiger partial charge is 0.228 e. The van der Waals surface area contributed by atoms with Gasteiger partial charge in [0.1, 0.15) is 0 Å². The van der Waals surface area contributed by atoms with Gasteiger partial charge < -0.3 is 14.7 Å². The van der Waals surface area contributed by atoms with Gasteiger partial charge in [0, 0.05) is 50.7 Å². The Hall–Kier alpha value is -2.37. The Labute approximate surface area is 185 Å². The number of aryl methyl sites for hydroxylation is 1. The molecule has 168 valence electrons. The lowest BCUT2D eigenvalue weighted by Crippen LogP contribution is -2.49. The van der Waals surface area contributed by atoms with Crippen LogP contribution in [0.5, 0.6) is 0 Å². The fourth-order valence-electron chi connectivity index (χ4n) is 5.55. The molecule has 4 rings (SSSR count). The lowest BCUT2D eigenvalue weighted by atomic mass is 9.89. The van der Waals surface area contributed by atoms with Crippen LogP contribution in [0.25, 0.3) is 0 Å². The first-order valence-corrected chi connectivity index (χ1v) is 11.8. The number of benzene rings is 1. The summed E-state index contributed by atoms with van der Waals surface area (Å²) < 4.78 is 0. The van der Waals surface area contributed by atoms with Gasteiger partial charge in [-0.05, 0) is 50.2 Å². The maximum atomic E-state index is 13.1. The lowest BCUT2D eigenvalue weighted by Gasteiger charge is -2.39. The molecule has 6 heteroatoms. The number of piperidine rings is 2. The summed E-state index contributed by atoms with van der Waals surface area (Å²) in [6, 6.07) is 7.87. The highest BCUT2D eigenvalue weighted by atomic mass is 16.2. The van der Waals surface area contributed by atoms with Crippen LogP contribution < -0.4 is 4.90 Å². The predicted octanol–water partition coefficient (Wildman–Crippen LogP) is 3.09. The summed E-state index contributed by atoms with van der Waals surface area (Å²) in [5.41, 5.74) is 2.01. The van der Waals surface area contributed by atoms with Crippen molar-refractivity contribution in [2.75, 3.05) is 37.6 Å². The summed E-state index contributed by atoms with van der Waals surface area (Å²) in [5, 5.41) is 0. The van der Waals surface area contributed by atoms with Crippen molar-refractivity contribution < 1.29 is 14.4 Å². The van der Waals surface area contributed by atoms with Crippen LogP contribution in [0.4, 0.5) is 5.69 Å². The van der Waals surface area contributed by atoms with Crippen molar-refractivity contribution in [1.29, 1.82) is 0 Å². The maximum absolute atomic E-state index is 13.1. The number of amides is 3. The highest BCUT2D eigenvalue weighted by Gasteiger charge is 2.39. The largest absolute Gasteiger partial charge is 0.342 e. The Morgan fingerprint density at radius 1 is 0.839 bits per heavy atom. The summed E-state index contributed by atoms with van der Waals surface area (Å²) in [5.74, 6) is 1.21. The molecule has 0 spiro atoms. The number of carbonyl (C=O) groups excluding carboxylic acids is 3. The van der Waals surface area contributed by atoms with Gasteiger partial charge in [-0.25, -0.2) is 0 Å². The molecule has 3 heterocycles. The third-order valence-electron chi connectivity index (χ3n) is 7.16. The molecule has 3 atom stereocenters. The zero-order valence-corrected chi connectivity index (χ0v) is 19.0. The summed E-state index contributed by atoms with van der Waals surface area (Å²) >= 11 is 0. The van der Waals surface area contributed by atoms with Crippen molar-refractivity contribution in [2.45, 2.75) is 46.5 Å². The van der Waals surface area contributed by atoms with Gasteiger partial charge in [-0.15, -0.1) is 0 Å². The molecule has 3 amide bonds. The molecule has 1 aromatic carbocycles. The first kappa shape index (κ1) is 21.8. The van der Waals surface area contributed by atoms with Crippen molar-refractivity contribution in [3.8, 4) is 0 Å². The topological polar surface area (TPSA) is 60.9 Å². The number of anilines is 1. The molecular weight excluding hydrogens is 390 g/mol. The Morgan fingerprint density at radius 3 is 2.03 bits per heavy atom. The molecular formula is C25H35N3O3. The minimum Gasteiger partial charge on any atom is -0.342 e. The second-order valence-corrected chi connectivity index (χ2v) is 10.0. The van der Waals surface area contributed by atoms with E-state index in [4.69, 9.17) is 0 Å². The molecule has 0 radical (unpaired) electrons. The van der Waals surface area contributed by atoms with Gasteiger partial charge in [0.25, 0.3) is 0 Å². The lowest BCUT2D eigenvalue weighted by molar-refractivity contribution is -0.144. The number of nitrogens with zero attached hydrogens (tertiary/aromatic N) is 3. The van der Waals surface area contributed by atoms with Crippen molar-refractivity contribution in [1.82, 2.24) is 9.80 Å². The maximum Gasteiger partial charge on any atom is 0.228 e. The van der Waals surface area contributed by atoms with E-state index in [1.807, 2.05) is 36.1 Å². The monoisotopic (exact) mass is 425 g/mol. The van der Waals surface area contributed by atoms with Crippen LogP contribution >= 0.6 is 0 Å². The van der Waals surface area contributed by atoms with Gasteiger partial charge in [0.05, 0.1) is 5.92 Å². The third kappa shape index (κ3) is 4.78. The average molecular weight is 426 g/mol. The number of hydrogen-bond acceptors (Lipinski definition) is 3. The van der Waals surface area contributed by atoms with Gasteiger partial charge in [0.15, 0.2) is 0 Å². The van der Waals surface area contributed by atoms with Crippen molar-refractivity contribution in [2.24, 2.45) is 23.7 Å². The molecule has 0 bridgehead atoms. The van der Waals surface area contributed by atoms with E-state index in [1.165, 1.54) is 6.42 Å². The van der Waals surface area contributed by atoms with E-state index in [9.17, 15) is 14.4 Å². The molecule has 0 aromatic heterocycles. The minimum absolute atomic E-state index is 0.0144. The van der Waals surface area contributed by atoms with E-state index in [0.29, 0.717) is 31.5 Å². The third-order valence-corrected chi connectivity index (χ3v) is 7.16. The molecule has 3 aliphatic rings. The molecule has 6 nitrogen and oxygen atoms in total. The van der Waals surface area contributed by atoms with Crippen LogP contribution in [0.15, 0.2) is 24.3 Å². The number of rotatable bonds is 3. The van der Waals surface area contributed by atoms with Gasteiger partial charge in [0.2, 0.25) is 17.7 Å². The molecule has 0 unspecified atom stereocenters. The molecule has 3 aliphatic heterocycles. The molecule has 0 saturated carbocycles. The highest BCUT2D eigenvalue weighted by Crippen LogP contribution is 2.29. The van der Waals surface area contributed by atoms with E-state index in [-0.39, 0.29) is 36.0 Å². The zero-order chi connectivity index (χ0) is 22.1. The van der Waals surface area contributed by atoms with Crippen LogP contribution in [-0.4, -0.2) is 60.2 Å². The second kappa shape index (κ2) is 9.01. The second-order valence-electron chi connectivity index (χ2n) is 10.0. The first-order chi connectivity index (χ1) is 14.8. The van der Waals surface area contributed by atoms with E-state index in [1.54, 1.807) is 4.90 Å². The van der Waals surface area contributed by atoms with Crippen LogP contribution in [0.2, 0.25) is 0 Å². The van der Waals surface area contributed by atoms with E-state index >= 15 is 0 Å². The zero-order valence-electron chi connectivity index (χ0n) is 19.0. The number of carbonyl (C=O) groups is 3. The van der Waals surface area contributed by atoms with Gasteiger partial charge in [-0.2, -0.15) is 0 Å². The van der Waals surface area contributed by atoms with Crippen LogP contribution in [0.3, 0.4) is 0 Å². The standard InChI is InChI=1S/C25H35N3O3/c1-17-4-6-22(7-5-17)28-16-21(13-23(28)29)25(31)26-10-8-20(9-11-26)24(30)27-14-18(2)12-19(3)15-27/h4-7,18-21H,8-16H2,1-3H3/t18-,19-,21-/m1/s1. The van der Waals surface area contributed by atoms with Crippen molar-refractivity contribution in [3.05, 3.63) is 29.8 Å². The number of likely N-dealkylation sites (tertiary alicyclic amines) is 2. The molecule has 3 saturated heterocycles. The van der Waals surface area contributed by atoms with Crippen LogP contribution in [0.1, 0.15) is 45.1 Å².